The molecular weight excluding hydrogens is 314 g/mol. The maximum atomic E-state index is 12.1. The third kappa shape index (κ3) is 3.34. The molecular formula is C21H23NO3. The summed E-state index contributed by atoms with van der Waals surface area (Å²) in [5, 5.41) is 2.72. The standard InChI is InChI=1S/C21H23NO3/c1-24-20-13-16(18-12-14-7-8-15(18)11-14)9-10-19(20)25-21(23)22-17-5-3-2-4-6-17/h2-6,9-10,13-15,18H,7-8,11-12H2,1H3,(H,22,23)/t14-,15-,18-/m1/s1. The molecule has 0 radical (unpaired) electrons. The molecule has 4 nitrogen and oxygen atoms in total. The Kier molecular flexibility index (Phi) is 4.35. The molecule has 2 fully saturated rings. The van der Waals surface area contributed by atoms with Crippen LogP contribution in [0.5, 0.6) is 11.5 Å². The number of rotatable bonds is 4. The Morgan fingerprint density at radius 3 is 2.56 bits per heavy atom. The van der Waals surface area contributed by atoms with Crippen molar-refractivity contribution < 1.29 is 14.3 Å². The molecule has 0 spiro atoms. The molecule has 130 valence electrons. The SMILES string of the molecule is COc1cc([C@@H]2C[C@@H]3CC[C@@H]2C3)ccc1OC(=O)Nc1ccccc1. The monoisotopic (exact) mass is 337 g/mol. The van der Waals surface area contributed by atoms with E-state index >= 15 is 0 Å². The van der Waals surface area contributed by atoms with E-state index in [0.29, 0.717) is 23.1 Å². The van der Waals surface area contributed by atoms with Crippen molar-refractivity contribution in [3.63, 3.8) is 0 Å². The van der Waals surface area contributed by atoms with Crippen LogP contribution < -0.4 is 14.8 Å². The molecule has 2 saturated carbocycles. The summed E-state index contributed by atoms with van der Waals surface area (Å²) in [6, 6.07) is 15.2. The molecule has 0 aliphatic heterocycles. The Balaban J connectivity index is 1.47. The second-order valence-electron chi connectivity index (χ2n) is 7.07. The lowest BCUT2D eigenvalue weighted by molar-refractivity contribution is 0.213. The molecule has 2 bridgehead atoms. The number of benzene rings is 2. The summed E-state index contributed by atoms with van der Waals surface area (Å²) in [5.74, 6) is 3.39. The number of carbonyl (C=O) groups excluding carboxylic acids is 1. The zero-order valence-corrected chi connectivity index (χ0v) is 14.4. The van der Waals surface area contributed by atoms with Gasteiger partial charge in [0, 0.05) is 5.69 Å². The smallest absolute Gasteiger partial charge is 0.417 e. The Hall–Kier alpha value is -2.49. The Morgan fingerprint density at radius 2 is 1.88 bits per heavy atom. The van der Waals surface area contributed by atoms with Crippen LogP contribution in [0.1, 0.15) is 37.2 Å². The molecule has 0 unspecified atom stereocenters. The number of ether oxygens (including phenoxy) is 2. The van der Waals surface area contributed by atoms with Crippen LogP contribution in [0.15, 0.2) is 48.5 Å². The van der Waals surface area contributed by atoms with Crippen molar-refractivity contribution in [2.24, 2.45) is 11.8 Å². The number of nitrogens with one attached hydrogen (secondary N) is 1. The summed E-state index contributed by atoms with van der Waals surface area (Å²) in [4.78, 5) is 12.1. The number of para-hydroxylation sites is 1. The van der Waals surface area contributed by atoms with Crippen molar-refractivity contribution in [3.05, 3.63) is 54.1 Å². The van der Waals surface area contributed by atoms with Crippen LogP contribution in [0.25, 0.3) is 0 Å². The number of carbonyl (C=O) groups is 1. The molecule has 4 heteroatoms. The van der Waals surface area contributed by atoms with Gasteiger partial charge in [0.05, 0.1) is 7.11 Å². The lowest BCUT2D eigenvalue weighted by Gasteiger charge is -2.23. The summed E-state index contributed by atoms with van der Waals surface area (Å²) >= 11 is 0. The van der Waals surface area contributed by atoms with E-state index in [2.05, 4.69) is 11.4 Å². The molecule has 2 aliphatic rings. The van der Waals surface area contributed by atoms with Crippen LogP contribution in [-0.4, -0.2) is 13.2 Å². The molecule has 1 N–H and O–H groups in total. The van der Waals surface area contributed by atoms with Gasteiger partial charge in [-0.25, -0.2) is 4.79 Å². The van der Waals surface area contributed by atoms with Crippen molar-refractivity contribution in [2.75, 3.05) is 12.4 Å². The first kappa shape index (κ1) is 16.0. The minimum atomic E-state index is -0.517. The quantitative estimate of drug-likeness (QED) is 0.833. The average Bonchev–Trinajstić information content (AvgIpc) is 3.26. The van der Waals surface area contributed by atoms with Crippen molar-refractivity contribution in [1.82, 2.24) is 0 Å². The van der Waals surface area contributed by atoms with Gasteiger partial charge in [-0.1, -0.05) is 30.7 Å². The van der Waals surface area contributed by atoms with Gasteiger partial charge >= 0.3 is 6.09 Å². The average molecular weight is 337 g/mol. The fourth-order valence-electron chi connectivity index (χ4n) is 4.42. The summed E-state index contributed by atoms with van der Waals surface area (Å²) in [6.45, 7) is 0. The lowest BCUT2D eigenvalue weighted by atomic mass is 9.83. The van der Waals surface area contributed by atoms with E-state index in [9.17, 15) is 4.79 Å². The van der Waals surface area contributed by atoms with Gasteiger partial charge < -0.3 is 9.47 Å². The number of hydrogen-bond donors (Lipinski definition) is 1. The number of anilines is 1. The number of hydrogen-bond acceptors (Lipinski definition) is 3. The highest BCUT2D eigenvalue weighted by Crippen LogP contribution is 2.53. The number of amides is 1. The van der Waals surface area contributed by atoms with Crippen LogP contribution in [0.3, 0.4) is 0 Å². The van der Waals surface area contributed by atoms with E-state index in [-0.39, 0.29) is 0 Å². The lowest BCUT2D eigenvalue weighted by Crippen LogP contribution is -2.17. The normalized spacial score (nSPS) is 24.1. The van der Waals surface area contributed by atoms with Gasteiger partial charge in [-0.2, -0.15) is 0 Å². The highest BCUT2D eigenvalue weighted by molar-refractivity contribution is 5.86. The van der Waals surface area contributed by atoms with E-state index in [1.807, 2.05) is 42.5 Å². The number of methoxy groups -OCH3 is 1. The largest absolute Gasteiger partial charge is 0.493 e. The third-order valence-corrected chi connectivity index (χ3v) is 5.58. The zero-order chi connectivity index (χ0) is 17.2. The van der Waals surface area contributed by atoms with Crippen molar-refractivity contribution in [2.45, 2.75) is 31.6 Å². The topological polar surface area (TPSA) is 47.6 Å². The van der Waals surface area contributed by atoms with E-state index < -0.39 is 6.09 Å². The van der Waals surface area contributed by atoms with Crippen LogP contribution in [0.2, 0.25) is 0 Å². The van der Waals surface area contributed by atoms with Gasteiger partial charge in [0.2, 0.25) is 0 Å². The molecule has 4 rings (SSSR count). The van der Waals surface area contributed by atoms with Crippen molar-refractivity contribution in [3.8, 4) is 11.5 Å². The predicted molar refractivity (Wildman–Crippen MR) is 97.3 cm³/mol. The Bertz CT molecular complexity index is 759. The summed E-state index contributed by atoms with van der Waals surface area (Å²) in [7, 11) is 1.61. The highest BCUT2D eigenvalue weighted by Gasteiger charge is 2.40. The maximum absolute atomic E-state index is 12.1. The molecule has 1 amide bonds. The van der Waals surface area contributed by atoms with Gasteiger partial charge in [0.25, 0.3) is 0 Å². The summed E-state index contributed by atoms with van der Waals surface area (Å²) < 4.78 is 10.9. The Labute approximate surface area is 148 Å². The van der Waals surface area contributed by atoms with Crippen LogP contribution in [-0.2, 0) is 0 Å². The van der Waals surface area contributed by atoms with E-state index in [1.165, 1.54) is 31.2 Å². The highest BCUT2D eigenvalue weighted by atomic mass is 16.6. The van der Waals surface area contributed by atoms with Crippen molar-refractivity contribution in [1.29, 1.82) is 0 Å². The first-order valence-electron chi connectivity index (χ1n) is 8.94. The molecule has 2 aromatic rings. The molecule has 25 heavy (non-hydrogen) atoms. The van der Waals surface area contributed by atoms with Crippen molar-refractivity contribution >= 4 is 11.8 Å². The van der Waals surface area contributed by atoms with E-state index in [4.69, 9.17) is 9.47 Å². The van der Waals surface area contributed by atoms with Crippen LogP contribution >= 0.6 is 0 Å². The molecule has 0 aromatic heterocycles. The van der Waals surface area contributed by atoms with Crippen LogP contribution in [0.4, 0.5) is 10.5 Å². The second-order valence-corrected chi connectivity index (χ2v) is 7.07. The van der Waals surface area contributed by atoms with Gasteiger partial charge in [-0.15, -0.1) is 0 Å². The molecule has 0 heterocycles. The van der Waals surface area contributed by atoms with E-state index in [0.717, 1.165) is 11.8 Å². The molecule has 3 atom stereocenters. The minimum absolute atomic E-state index is 0.447. The Morgan fingerprint density at radius 1 is 1.04 bits per heavy atom. The van der Waals surface area contributed by atoms with E-state index in [1.54, 1.807) is 7.11 Å². The predicted octanol–water partition coefficient (Wildman–Crippen LogP) is 5.21. The number of fused-ring (bicyclic) bond motifs is 2. The molecule has 2 aliphatic carbocycles. The second kappa shape index (κ2) is 6.79. The maximum Gasteiger partial charge on any atom is 0.417 e. The fourth-order valence-corrected chi connectivity index (χ4v) is 4.42. The summed E-state index contributed by atoms with van der Waals surface area (Å²) in [6.07, 6.45) is 4.86. The zero-order valence-electron chi connectivity index (χ0n) is 14.4. The fraction of sp³-hybridized carbons (Fsp3) is 0.381. The van der Waals surface area contributed by atoms with Crippen LogP contribution in [0, 0.1) is 11.8 Å². The molecule has 2 aromatic carbocycles. The summed E-state index contributed by atoms with van der Waals surface area (Å²) in [5.41, 5.74) is 2.00. The first-order valence-corrected chi connectivity index (χ1v) is 8.94. The first-order chi connectivity index (χ1) is 12.2. The van der Waals surface area contributed by atoms with Gasteiger partial charge in [0.1, 0.15) is 0 Å². The third-order valence-electron chi connectivity index (χ3n) is 5.58. The van der Waals surface area contributed by atoms with Gasteiger partial charge in [-0.3, -0.25) is 5.32 Å². The van der Waals surface area contributed by atoms with Gasteiger partial charge in [-0.05, 0) is 66.8 Å². The van der Waals surface area contributed by atoms with Gasteiger partial charge in [0.15, 0.2) is 11.5 Å². The minimum Gasteiger partial charge on any atom is -0.493 e. The molecule has 0 saturated heterocycles.